The molecule has 0 aliphatic carbocycles. The molecule has 130 valence electrons. The van der Waals surface area contributed by atoms with Crippen molar-refractivity contribution in [3.05, 3.63) is 34.3 Å². The fourth-order valence-corrected chi connectivity index (χ4v) is 3.41. The number of benzene rings is 1. The largest absolute Gasteiger partial charge is 0.300 e. The number of nitrogens with zero attached hydrogens (tertiary/aromatic N) is 6. The van der Waals surface area contributed by atoms with Gasteiger partial charge in [0, 0.05) is 0 Å². The van der Waals surface area contributed by atoms with Crippen molar-refractivity contribution < 1.29 is 4.79 Å². The Kier molecular flexibility index (Phi) is 5.39. The number of hydrogen-bond donors (Lipinski definition) is 1. The lowest BCUT2D eigenvalue weighted by atomic mass is 10.1. The molecule has 0 aliphatic heterocycles. The number of thioether (sulfide) groups is 1. The summed E-state index contributed by atoms with van der Waals surface area (Å²) in [6.07, 6.45) is 0.799. The van der Waals surface area contributed by atoms with Crippen molar-refractivity contribution in [3.8, 4) is 5.69 Å². The van der Waals surface area contributed by atoms with Crippen molar-refractivity contribution in [1.29, 1.82) is 0 Å². The fourth-order valence-electron chi connectivity index (χ4n) is 2.02. The van der Waals surface area contributed by atoms with Crippen molar-refractivity contribution in [2.75, 3.05) is 11.1 Å². The molecule has 0 saturated carbocycles. The third kappa shape index (κ3) is 4.20. The first-order valence-corrected chi connectivity index (χ1v) is 9.48. The summed E-state index contributed by atoms with van der Waals surface area (Å²) in [4.78, 5) is 12.1. The topological polar surface area (TPSA) is 98.5 Å². The van der Waals surface area contributed by atoms with E-state index < -0.39 is 0 Å². The molecule has 0 aliphatic rings. The average molecular weight is 375 g/mol. The van der Waals surface area contributed by atoms with Crippen LogP contribution in [-0.4, -0.2) is 42.1 Å². The van der Waals surface area contributed by atoms with Gasteiger partial charge in [-0.25, -0.2) is 0 Å². The molecule has 1 N–H and O–H groups in total. The Morgan fingerprint density at radius 1 is 1.24 bits per heavy atom. The predicted molar refractivity (Wildman–Crippen MR) is 97.3 cm³/mol. The number of carbonyl (C=O) groups is 1. The standard InChI is InChI=1S/C15H17N7OS2/c1-4-13-17-18-14(25-13)16-12(23)8-24-15-19-20-21-22(15)11-6-5-9(2)10(3)7-11/h5-7H,4,8H2,1-3H3,(H,16,18,23). The summed E-state index contributed by atoms with van der Waals surface area (Å²) in [6.45, 7) is 6.08. The number of nitrogens with one attached hydrogen (secondary N) is 1. The van der Waals surface area contributed by atoms with Crippen LogP contribution in [0.25, 0.3) is 5.69 Å². The van der Waals surface area contributed by atoms with Gasteiger partial charge in [-0.15, -0.1) is 15.3 Å². The van der Waals surface area contributed by atoms with Crippen LogP contribution in [0.2, 0.25) is 0 Å². The minimum atomic E-state index is -0.168. The molecule has 0 fully saturated rings. The highest BCUT2D eigenvalue weighted by Gasteiger charge is 2.13. The van der Waals surface area contributed by atoms with E-state index in [-0.39, 0.29) is 11.7 Å². The monoisotopic (exact) mass is 375 g/mol. The lowest BCUT2D eigenvalue weighted by Crippen LogP contribution is -2.14. The maximum atomic E-state index is 12.1. The fraction of sp³-hybridized carbons (Fsp3) is 0.333. The number of rotatable bonds is 6. The Hall–Kier alpha value is -2.33. The van der Waals surface area contributed by atoms with Crippen molar-refractivity contribution in [3.63, 3.8) is 0 Å². The van der Waals surface area contributed by atoms with E-state index in [1.807, 2.05) is 32.0 Å². The van der Waals surface area contributed by atoms with E-state index in [1.54, 1.807) is 4.68 Å². The van der Waals surface area contributed by atoms with E-state index in [9.17, 15) is 4.79 Å². The third-order valence-electron chi connectivity index (χ3n) is 3.52. The Bertz CT molecular complexity index is 890. The van der Waals surface area contributed by atoms with Gasteiger partial charge >= 0.3 is 0 Å². The second-order valence-corrected chi connectivity index (χ2v) is 7.34. The Morgan fingerprint density at radius 2 is 2.08 bits per heavy atom. The molecule has 0 radical (unpaired) electrons. The molecule has 0 unspecified atom stereocenters. The third-order valence-corrected chi connectivity index (χ3v) is 5.43. The first kappa shape index (κ1) is 17.5. The quantitative estimate of drug-likeness (QED) is 0.661. The highest BCUT2D eigenvalue weighted by Crippen LogP contribution is 2.21. The normalized spacial score (nSPS) is 10.8. The summed E-state index contributed by atoms with van der Waals surface area (Å²) in [5.74, 6) is 0.0186. The zero-order chi connectivity index (χ0) is 17.8. The Balaban J connectivity index is 1.65. The number of carbonyl (C=O) groups excluding carboxylic acids is 1. The smallest absolute Gasteiger partial charge is 0.236 e. The van der Waals surface area contributed by atoms with Crippen molar-refractivity contribution >= 4 is 34.1 Å². The molecule has 0 bridgehead atoms. The zero-order valence-electron chi connectivity index (χ0n) is 14.1. The predicted octanol–water partition coefficient (Wildman–Crippen LogP) is 2.42. The van der Waals surface area contributed by atoms with E-state index in [0.717, 1.165) is 22.7 Å². The van der Waals surface area contributed by atoms with Gasteiger partial charge < -0.3 is 0 Å². The maximum Gasteiger partial charge on any atom is 0.236 e. The van der Waals surface area contributed by atoms with Crippen LogP contribution >= 0.6 is 23.1 Å². The molecule has 0 atom stereocenters. The van der Waals surface area contributed by atoms with Crippen molar-refractivity contribution in [2.24, 2.45) is 0 Å². The zero-order valence-corrected chi connectivity index (χ0v) is 15.7. The van der Waals surface area contributed by atoms with Gasteiger partial charge in [-0.2, -0.15) is 4.68 Å². The Labute approximate surface area is 153 Å². The van der Waals surface area contributed by atoms with E-state index in [0.29, 0.717) is 10.3 Å². The lowest BCUT2D eigenvalue weighted by Gasteiger charge is -2.06. The molecular formula is C15H17N7OS2. The van der Waals surface area contributed by atoms with Crippen LogP contribution in [0.1, 0.15) is 23.1 Å². The van der Waals surface area contributed by atoms with Crippen LogP contribution in [0.3, 0.4) is 0 Å². The van der Waals surface area contributed by atoms with E-state index in [2.05, 4.69) is 38.0 Å². The van der Waals surface area contributed by atoms with Gasteiger partial charge in [-0.1, -0.05) is 36.1 Å². The Morgan fingerprint density at radius 3 is 2.80 bits per heavy atom. The molecule has 10 heteroatoms. The molecule has 3 rings (SSSR count). The maximum absolute atomic E-state index is 12.1. The second-order valence-electron chi connectivity index (χ2n) is 5.33. The summed E-state index contributed by atoms with van der Waals surface area (Å²) >= 11 is 2.65. The molecule has 25 heavy (non-hydrogen) atoms. The van der Waals surface area contributed by atoms with Gasteiger partial charge in [0.05, 0.1) is 11.4 Å². The number of tetrazole rings is 1. The molecular weight excluding hydrogens is 358 g/mol. The van der Waals surface area contributed by atoms with Crippen LogP contribution < -0.4 is 5.32 Å². The number of aromatic nitrogens is 6. The molecule has 8 nitrogen and oxygen atoms in total. The van der Waals surface area contributed by atoms with Crippen LogP contribution in [-0.2, 0) is 11.2 Å². The van der Waals surface area contributed by atoms with Gasteiger partial charge in [0.2, 0.25) is 16.2 Å². The highest BCUT2D eigenvalue weighted by molar-refractivity contribution is 7.99. The molecule has 2 aromatic heterocycles. The van der Waals surface area contributed by atoms with Gasteiger partial charge in [0.15, 0.2) is 0 Å². The summed E-state index contributed by atoms with van der Waals surface area (Å²) < 4.78 is 1.63. The van der Waals surface area contributed by atoms with E-state index in [1.165, 1.54) is 28.7 Å². The summed E-state index contributed by atoms with van der Waals surface area (Å²) in [7, 11) is 0. The minimum absolute atomic E-state index is 0.168. The van der Waals surface area contributed by atoms with Gasteiger partial charge in [0.1, 0.15) is 5.01 Å². The summed E-state index contributed by atoms with van der Waals surface area (Å²) in [5, 5.41) is 24.4. The molecule has 1 amide bonds. The van der Waals surface area contributed by atoms with Crippen LogP contribution in [0.5, 0.6) is 0 Å². The van der Waals surface area contributed by atoms with Gasteiger partial charge in [0.25, 0.3) is 0 Å². The molecule has 1 aromatic carbocycles. The molecule has 0 spiro atoms. The highest BCUT2D eigenvalue weighted by atomic mass is 32.2. The number of amides is 1. The average Bonchev–Trinajstić information content (AvgIpc) is 3.24. The molecule has 0 saturated heterocycles. The van der Waals surface area contributed by atoms with Gasteiger partial charge in [-0.05, 0) is 54.0 Å². The first-order chi connectivity index (χ1) is 12.1. The second kappa shape index (κ2) is 7.70. The van der Waals surface area contributed by atoms with E-state index >= 15 is 0 Å². The van der Waals surface area contributed by atoms with Crippen LogP contribution in [0.4, 0.5) is 5.13 Å². The van der Waals surface area contributed by atoms with E-state index in [4.69, 9.17) is 0 Å². The van der Waals surface area contributed by atoms with Crippen molar-refractivity contribution in [2.45, 2.75) is 32.3 Å². The van der Waals surface area contributed by atoms with Crippen molar-refractivity contribution in [1.82, 2.24) is 30.4 Å². The molecule has 3 aromatic rings. The summed E-state index contributed by atoms with van der Waals surface area (Å²) in [6, 6.07) is 5.99. The number of hydrogen-bond acceptors (Lipinski definition) is 8. The van der Waals surface area contributed by atoms with Crippen LogP contribution in [0, 0.1) is 13.8 Å². The summed E-state index contributed by atoms with van der Waals surface area (Å²) in [5.41, 5.74) is 3.23. The SMILES string of the molecule is CCc1nnc(NC(=O)CSc2nnnn2-c2ccc(C)c(C)c2)s1. The number of anilines is 1. The van der Waals surface area contributed by atoms with Gasteiger partial charge in [-0.3, -0.25) is 10.1 Å². The lowest BCUT2D eigenvalue weighted by molar-refractivity contribution is -0.113. The minimum Gasteiger partial charge on any atom is -0.300 e. The molecule has 2 heterocycles. The number of aryl methyl sites for hydroxylation is 3. The first-order valence-electron chi connectivity index (χ1n) is 7.68. The van der Waals surface area contributed by atoms with Crippen LogP contribution in [0.15, 0.2) is 23.4 Å².